The summed E-state index contributed by atoms with van der Waals surface area (Å²) in [5.41, 5.74) is 2.45. The zero-order chi connectivity index (χ0) is 12.0. The van der Waals surface area contributed by atoms with Crippen molar-refractivity contribution < 1.29 is 4.79 Å². The molecule has 2 nitrogen and oxygen atoms in total. The molecular formula is C15H23NO. The highest BCUT2D eigenvalue weighted by Crippen LogP contribution is 2.43. The van der Waals surface area contributed by atoms with Crippen LogP contribution in [0.5, 0.6) is 0 Å². The molecule has 3 rings (SSSR count). The van der Waals surface area contributed by atoms with Crippen molar-refractivity contribution in [3.05, 3.63) is 11.3 Å². The highest BCUT2D eigenvalue weighted by atomic mass is 16.1. The lowest BCUT2D eigenvalue weighted by atomic mass is 9.72. The molecule has 3 unspecified atom stereocenters. The number of piperidine rings is 1. The fraction of sp³-hybridized carbons (Fsp3) is 0.800. The zero-order valence-corrected chi connectivity index (χ0v) is 11.0. The number of hydrogen-bond acceptors (Lipinski definition) is 2. The maximum atomic E-state index is 11.8. The number of nitrogens with zero attached hydrogens (tertiary/aromatic N) is 1. The summed E-state index contributed by atoms with van der Waals surface area (Å²) in [7, 11) is 0. The van der Waals surface area contributed by atoms with Gasteiger partial charge in [0.25, 0.3) is 0 Å². The van der Waals surface area contributed by atoms with Crippen molar-refractivity contribution in [3.8, 4) is 0 Å². The van der Waals surface area contributed by atoms with E-state index in [1.807, 2.05) is 6.92 Å². The van der Waals surface area contributed by atoms with Crippen molar-refractivity contribution in [1.82, 2.24) is 4.90 Å². The fourth-order valence-electron chi connectivity index (χ4n) is 4.14. The summed E-state index contributed by atoms with van der Waals surface area (Å²) in [5.74, 6) is 2.19. The van der Waals surface area contributed by atoms with Gasteiger partial charge in [-0.15, -0.1) is 0 Å². The minimum Gasteiger partial charge on any atom is -0.371 e. The van der Waals surface area contributed by atoms with E-state index < -0.39 is 0 Å². The molecule has 2 fully saturated rings. The Kier molecular flexibility index (Phi) is 2.76. The molecule has 0 aromatic carbocycles. The number of rotatable bonds is 0. The van der Waals surface area contributed by atoms with Crippen LogP contribution >= 0.6 is 0 Å². The second-order valence-electron chi connectivity index (χ2n) is 6.22. The number of Topliss-reactive ketones (excluding diaryl/α,β-unsaturated/α-hetero) is 1. The maximum absolute atomic E-state index is 11.8. The molecular weight excluding hydrogens is 210 g/mol. The van der Waals surface area contributed by atoms with E-state index >= 15 is 0 Å². The van der Waals surface area contributed by atoms with Gasteiger partial charge in [0.15, 0.2) is 5.78 Å². The van der Waals surface area contributed by atoms with Crippen molar-refractivity contribution in [2.75, 3.05) is 6.54 Å². The number of ketones is 1. The van der Waals surface area contributed by atoms with Gasteiger partial charge in [0.05, 0.1) is 0 Å². The predicted molar refractivity (Wildman–Crippen MR) is 68.6 cm³/mol. The molecule has 2 heteroatoms. The summed E-state index contributed by atoms with van der Waals surface area (Å²) in [6.07, 6.45) is 7.32. The van der Waals surface area contributed by atoms with Gasteiger partial charge in [-0.1, -0.05) is 6.92 Å². The van der Waals surface area contributed by atoms with E-state index in [2.05, 4.69) is 11.8 Å². The first-order valence-electron chi connectivity index (χ1n) is 7.16. The fourth-order valence-corrected chi connectivity index (χ4v) is 4.14. The molecule has 17 heavy (non-hydrogen) atoms. The van der Waals surface area contributed by atoms with Crippen molar-refractivity contribution in [3.63, 3.8) is 0 Å². The van der Waals surface area contributed by atoms with Gasteiger partial charge in [-0.3, -0.25) is 4.79 Å². The Morgan fingerprint density at radius 1 is 1.18 bits per heavy atom. The van der Waals surface area contributed by atoms with Crippen molar-refractivity contribution in [2.24, 2.45) is 11.8 Å². The molecule has 1 aliphatic carbocycles. The number of allylic oxidation sites excluding steroid dienone is 2. The lowest BCUT2D eigenvalue weighted by Crippen LogP contribution is -2.49. The molecule has 2 heterocycles. The van der Waals surface area contributed by atoms with Crippen molar-refractivity contribution in [2.45, 2.75) is 58.4 Å². The normalized spacial score (nSPS) is 37.9. The molecule has 3 atom stereocenters. The lowest BCUT2D eigenvalue weighted by molar-refractivity contribution is -0.117. The summed E-state index contributed by atoms with van der Waals surface area (Å²) in [4.78, 5) is 14.4. The average Bonchev–Trinajstić information content (AvgIpc) is 2.33. The topological polar surface area (TPSA) is 20.3 Å². The van der Waals surface area contributed by atoms with E-state index in [1.165, 1.54) is 31.4 Å². The molecule has 2 aliphatic heterocycles. The Bertz CT molecular complexity index is 371. The van der Waals surface area contributed by atoms with Crippen LogP contribution in [0.25, 0.3) is 0 Å². The van der Waals surface area contributed by atoms with Crippen molar-refractivity contribution in [1.29, 1.82) is 0 Å². The van der Waals surface area contributed by atoms with Crippen LogP contribution in [0.3, 0.4) is 0 Å². The smallest absolute Gasteiger partial charge is 0.162 e. The van der Waals surface area contributed by atoms with E-state index in [9.17, 15) is 4.79 Å². The summed E-state index contributed by atoms with van der Waals surface area (Å²) in [6, 6.07) is 0.748. The van der Waals surface area contributed by atoms with Gasteiger partial charge in [0, 0.05) is 30.3 Å². The molecule has 0 aromatic rings. The summed E-state index contributed by atoms with van der Waals surface area (Å²) in [6.45, 7) is 5.42. The summed E-state index contributed by atoms with van der Waals surface area (Å²) in [5, 5.41) is 0. The highest BCUT2D eigenvalue weighted by Gasteiger charge is 2.39. The Balaban J connectivity index is 1.87. The minimum atomic E-state index is 0.388. The standard InChI is InChI=1S/C15H23NO/c1-10-3-5-14-12(9-10)4-6-13-11(2)15(17)7-8-16(13)14/h10,12,14H,3-9H2,1-2H3. The van der Waals surface area contributed by atoms with Crippen LogP contribution in [0.15, 0.2) is 11.3 Å². The molecule has 0 radical (unpaired) electrons. The van der Waals surface area contributed by atoms with Crippen LogP contribution in [-0.2, 0) is 4.79 Å². The third-order valence-electron chi connectivity index (χ3n) is 5.13. The van der Waals surface area contributed by atoms with Crippen molar-refractivity contribution >= 4 is 5.78 Å². The van der Waals surface area contributed by atoms with Crippen LogP contribution in [-0.4, -0.2) is 23.3 Å². The average molecular weight is 233 g/mol. The Morgan fingerprint density at radius 3 is 2.82 bits per heavy atom. The first kappa shape index (κ1) is 11.3. The molecule has 0 bridgehead atoms. The third kappa shape index (κ3) is 1.82. The quantitative estimate of drug-likeness (QED) is 0.640. The van der Waals surface area contributed by atoms with Gasteiger partial charge in [-0.2, -0.15) is 0 Å². The Labute approximate surface area is 104 Å². The second kappa shape index (κ2) is 4.15. The van der Waals surface area contributed by atoms with Gasteiger partial charge in [-0.05, 0) is 50.9 Å². The monoisotopic (exact) mass is 233 g/mol. The van der Waals surface area contributed by atoms with Gasteiger partial charge in [-0.25, -0.2) is 0 Å². The SMILES string of the molecule is CC1=C2CCC3CC(C)CCC3N2CCC1=O. The number of carbonyl (C=O) groups excluding carboxylic acids is 1. The zero-order valence-electron chi connectivity index (χ0n) is 11.0. The summed E-state index contributed by atoms with van der Waals surface area (Å²) >= 11 is 0. The van der Waals surface area contributed by atoms with Crippen LogP contribution in [0.2, 0.25) is 0 Å². The van der Waals surface area contributed by atoms with Gasteiger partial charge >= 0.3 is 0 Å². The third-order valence-corrected chi connectivity index (χ3v) is 5.13. The van der Waals surface area contributed by atoms with E-state index in [1.54, 1.807) is 0 Å². The highest BCUT2D eigenvalue weighted by molar-refractivity contribution is 5.96. The molecule has 1 saturated carbocycles. The molecule has 1 saturated heterocycles. The first-order valence-corrected chi connectivity index (χ1v) is 7.16. The minimum absolute atomic E-state index is 0.388. The largest absolute Gasteiger partial charge is 0.371 e. The molecule has 94 valence electrons. The molecule has 0 amide bonds. The van der Waals surface area contributed by atoms with E-state index in [4.69, 9.17) is 0 Å². The number of hydrogen-bond donors (Lipinski definition) is 0. The predicted octanol–water partition coefficient (Wildman–Crippen LogP) is 3.13. The lowest BCUT2D eigenvalue weighted by Gasteiger charge is -2.50. The van der Waals surface area contributed by atoms with Crippen LogP contribution in [0.1, 0.15) is 52.4 Å². The number of fused-ring (bicyclic) bond motifs is 3. The van der Waals surface area contributed by atoms with Gasteiger partial charge in [0.2, 0.25) is 0 Å². The van der Waals surface area contributed by atoms with Crippen LogP contribution < -0.4 is 0 Å². The van der Waals surface area contributed by atoms with E-state index in [0.717, 1.165) is 42.8 Å². The molecule has 0 aromatic heterocycles. The van der Waals surface area contributed by atoms with E-state index in [0.29, 0.717) is 5.78 Å². The first-order chi connectivity index (χ1) is 8.16. The second-order valence-corrected chi connectivity index (χ2v) is 6.22. The van der Waals surface area contributed by atoms with E-state index in [-0.39, 0.29) is 0 Å². The summed E-state index contributed by atoms with van der Waals surface area (Å²) < 4.78 is 0. The van der Waals surface area contributed by atoms with Gasteiger partial charge < -0.3 is 4.90 Å². The number of carbonyl (C=O) groups is 1. The molecule has 3 aliphatic rings. The molecule has 0 spiro atoms. The Hall–Kier alpha value is -0.790. The van der Waals surface area contributed by atoms with Gasteiger partial charge in [0.1, 0.15) is 0 Å². The Morgan fingerprint density at radius 2 is 2.00 bits per heavy atom. The molecule has 0 N–H and O–H groups in total. The van der Waals surface area contributed by atoms with Crippen LogP contribution in [0.4, 0.5) is 0 Å². The maximum Gasteiger partial charge on any atom is 0.162 e. The van der Waals surface area contributed by atoms with Crippen LogP contribution in [0, 0.1) is 11.8 Å².